The molecule has 1 saturated heterocycles. The number of nitrogens with zero attached hydrogens (tertiary/aromatic N) is 5. The lowest BCUT2D eigenvalue weighted by Gasteiger charge is -2.61. The van der Waals surface area contributed by atoms with Crippen molar-refractivity contribution in [2.75, 3.05) is 33.2 Å². The lowest BCUT2D eigenvalue weighted by Crippen LogP contribution is -2.57. The number of carbonyl (C=O) groups excluding carboxylic acids is 1. The molecule has 194 valence electrons. The van der Waals surface area contributed by atoms with E-state index in [0.29, 0.717) is 11.3 Å². The van der Waals surface area contributed by atoms with Gasteiger partial charge in [-0.2, -0.15) is 5.10 Å². The van der Waals surface area contributed by atoms with Crippen molar-refractivity contribution < 1.29 is 9.53 Å². The molecule has 1 aromatic rings. The number of aromatic nitrogens is 3. The third-order valence-electron chi connectivity index (χ3n) is 11.7. The van der Waals surface area contributed by atoms with Crippen LogP contribution in [0.2, 0.25) is 0 Å². The highest BCUT2D eigenvalue weighted by atomic mass is 16.5. The summed E-state index contributed by atoms with van der Waals surface area (Å²) in [5.41, 5.74) is 0.499. The number of piperazine rings is 1. The third kappa shape index (κ3) is 3.87. The maximum absolute atomic E-state index is 12.2. The predicted molar refractivity (Wildman–Crippen MR) is 135 cm³/mol. The van der Waals surface area contributed by atoms with Gasteiger partial charge < -0.3 is 9.64 Å². The van der Waals surface area contributed by atoms with Gasteiger partial charge in [0.2, 0.25) is 0 Å². The summed E-state index contributed by atoms with van der Waals surface area (Å²) in [5.74, 6) is 2.83. The van der Waals surface area contributed by atoms with Crippen molar-refractivity contribution >= 4 is 5.97 Å². The highest BCUT2D eigenvalue weighted by Crippen LogP contribution is 2.68. The SMILES string of the molecule is CC(=O)O[C@H]1[C@@H](n2cncn2)CC2C3CCC4C[C@@H](N5CCN(C)CC5)CC[C@]4(C)C3CC[C@@]21C. The van der Waals surface area contributed by atoms with Crippen LogP contribution in [0.25, 0.3) is 0 Å². The van der Waals surface area contributed by atoms with E-state index in [1.165, 1.54) is 64.7 Å². The van der Waals surface area contributed by atoms with Crippen molar-refractivity contribution in [2.24, 2.45) is 34.5 Å². The lowest BCUT2D eigenvalue weighted by molar-refractivity contribution is -0.164. The van der Waals surface area contributed by atoms with E-state index >= 15 is 0 Å². The Kier molecular flexibility index (Phi) is 6.03. The molecule has 35 heavy (non-hydrogen) atoms. The first-order valence-corrected chi connectivity index (χ1v) is 14.2. The third-order valence-corrected chi connectivity index (χ3v) is 11.7. The maximum Gasteiger partial charge on any atom is 0.302 e. The molecule has 5 fully saturated rings. The summed E-state index contributed by atoms with van der Waals surface area (Å²) in [4.78, 5) is 21.7. The van der Waals surface area contributed by atoms with Crippen LogP contribution in [0.15, 0.2) is 12.7 Å². The molecule has 0 bridgehead atoms. The molecule has 1 aromatic heterocycles. The fourth-order valence-corrected chi connectivity index (χ4v) is 9.75. The number of rotatable bonds is 3. The second kappa shape index (κ2) is 8.83. The number of hydrogen-bond donors (Lipinski definition) is 0. The van der Waals surface area contributed by atoms with Gasteiger partial charge in [-0.15, -0.1) is 0 Å². The number of ether oxygens (including phenoxy) is 1. The Balaban J connectivity index is 1.22. The van der Waals surface area contributed by atoms with Crippen LogP contribution in [0, 0.1) is 34.5 Å². The first kappa shape index (κ1) is 23.9. The molecule has 6 rings (SSSR count). The van der Waals surface area contributed by atoms with Gasteiger partial charge in [-0.05, 0) is 87.5 Å². The standard InChI is InChI=1S/C28H45N5O2/c1-19(34)35-26-25(33-18-29-17-30-33)16-24-22-6-5-20-15-21(32-13-11-31(4)12-14-32)7-9-27(20,2)23(22)8-10-28(24,26)3/h17-18,20-26H,5-16H2,1-4H3/t20?,21-,22?,23?,24?,25-,26-,27-,28-/m0/s1. The zero-order chi connectivity index (χ0) is 24.4. The predicted octanol–water partition coefficient (Wildman–Crippen LogP) is 4.02. The number of hydrogen-bond acceptors (Lipinski definition) is 6. The second-order valence-electron chi connectivity index (χ2n) is 13.2. The van der Waals surface area contributed by atoms with Gasteiger partial charge in [-0.3, -0.25) is 9.69 Å². The minimum Gasteiger partial charge on any atom is -0.460 e. The minimum atomic E-state index is -0.165. The van der Waals surface area contributed by atoms with Crippen molar-refractivity contribution in [3.05, 3.63) is 12.7 Å². The molecule has 0 radical (unpaired) electrons. The van der Waals surface area contributed by atoms with Gasteiger partial charge in [0.25, 0.3) is 0 Å². The molecule has 2 heterocycles. The molecule has 1 aliphatic heterocycles. The molecule has 4 unspecified atom stereocenters. The van der Waals surface area contributed by atoms with E-state index in [1.54, 1.807) is 13.3 Å². The molecule has 0 aromatic carbocycles. The lowest BCUT2D eigenvalue weighted by atomic mass is 9.45. The Morgan fingerprint density at radius 3 is 2.46 bits per heavy atom. The number of carbonyl (C=O) groups is 1. The highest BCUT2D eigenvalue weighted by molar-refractivity contribution is 5.66. The first-order valence-electron chi connectivity index (χ1n) is 14.2. The Morgan fingerprint density at radius 2 is 1.74 bits per heavy atom. The molecular weight excluding hydrogens is 438 g/mol. The van der Waals surface area contributed by atoms with Crippen LogP contribution in [0.1, 0.15) is 78.2 Å². The molecule has 0 spiro atoms. The number of fused-ring (bicyclic) bond motifs is 5. The van der Waals surface area contributed by atoms with Crippen LogP contribution in [0.5, 0.6) is 0 Å². The van der Waals surface area contributed by atoms with Gasteiger partial charge in [-0.1, -0.05) is 13.8 Å². The van der Waals surface area contributed by atoms with Crippen molar-refractivity contribution in [1.29, 1.82) is 0 Å². The maximum atomic E-state index is 12.2. The van der Waals surface area contributed by atoms with Crippen LogP contribution < -0.4 is 0 Å². The topological polar surface area (TPSA) is 63.5 Å². The molecule has 0 N–H and O–H groups in total. The molecule has 4 saturated carbocycles. The van der Waals surface area contributed by atoms with Crippen molar-refractivity contribution in [2.45, 2.75) is 90.3 Å². The van der Waals surface area contributed by atoms with Crippen LogP contribution >= 0.6 is 0 Å². The minimum absolute atomic E-state index is 0.0314. The molecule has 7 heteroatoms. The van der Waals surface area contributed by atoms with E-state index in [0.717, 1.165) is 36.6 Å². The fraction of sp³-hybridized carbons (Fsp3) is 0.893. The smallest absolute Gasteiger partial charge is 0.302 e. The molecule has 9 atom stereocenters. The van der Waals surface area contributed by atoms with Crippen LogP contribution in [-0.2, 0) is 9.53 Å². The van der Waals surface area contributed by atoms with Crippen molar-refractivity contribution in [3.63, 3.8) is 0 Å². The summed E-state index contributed by atoms with van der Waals surface area (Å²) < 4.78 is 8.06. The zero-order valence-electron chi connectivity index (χ0n) is 22.2. The van der Waals surface area contributed by atoms with Crippen molar-refractivity contribution in [1.82, 2.24) is 24.6 Å². The highest BCUT2D eigenvalue weighted by Gasteiger charge is 2.64. The fourth-order valence-electron chi connectivity index (χ4n) is 9.75. The van der Waals surface area contributed by atoms with E-state index in [1.807, 2.05) is 11.0 Å². The average molecular weight is 484 g/mol. The molecule has 7 nitrogen and oxygen atoms in total. The van der Waals surface area contributed by atoms with Gasteiger partial charge in [0.15, 0.2) is 0 Å². The zero-order valence-corrected chi connectivity index (χ0v) is 22.2. The normalized spacial score (nSPS) is 46.5. The van der Waals surface area contributed by atoms with E-state index in [9.17, 15) is 4.79 Å². The number of esters is 1. The van der Waals surface area contributed by atoms with E-state index < -0.39 is 0 Å². The summed E-state index contributed by atoms with van der Waals surface area (Å²) in [6.45, 7) is 11.6. The molecular formula is C28H45N5O2. The Bertz CT molecular complexity index is 914. The van der Waals surface area contributed by atoms with Crippen LogP contribution in [0.3, 0.4) is 0 Å². The Hall–Kier alpha value is -1.47. The van der Waals surface area contributed by atoms with E-state index in [4.69, 9.17) is 4.74 Å². The summed E-state index contributed by atoms with van der Waals surface area (Å²) in [7, 11) is 2.26. The monoisotopic (exact) mass is 483 g/mol. The largest absolute Gasteiger partial charge is 0.460 e. The van der Waals surface area contributed by atoms with Crippen LogP contribution in [-0.4, -0.2) is 75.9 Å². The molecule has 0 amide bonds. The summed E-state index contributed by atoms with van der Waals surface area (Å²) in [5, 5.41) is 4.49. The molecule has 5 aliphatic rings. The quantitative estimate of drug-likeness (QED) is 0.605. The van der Waals surface area contributed by atoms with Gasteiger partial charge in [-0.25, -0.2) is 9.67 Å². The molecule has 4 aliphatic carbocycles. The van der Waals surface area contributed by atoms with E-state index in [2.05, 4.69) is 40.8 Å². The average Bonchev–Trinajstić information content (AvgIpc) is 3.46. The van der Waals surface area contributed by atoms with Gasteiger partial charge in [0.05, 0.1) is 6.04 Å². The number of likely N-dealkylation sites (N-methyl/N-ethyl adjacent to an activating group) is 1. The Labute approximate surface area is 211 Å². The van der Waals surface area contributed by atoms with E-state index in [-0.39, 0.29) is 23.5 Å². The summed E-state index contributed by atoms with van der Waals surface area (Å²) in [6, 6.07) is 0.900. The summed E-state index contributed by atoms with van der Waals surface area (Å²) in [6.07, 6.45) is 13.7. The van der Waals surface area contributed by atoms with Gasteiger partial charge in [0, 0.05) is 44.6 Å². The van der Waals surface area contributed by atoms with Crippen LogP contribution in [0.4, 0.5) is 0 Å². The summed E-state index contributed by atoms with van der Waals surface area (Å²) >= 11 is 0. The first-order chi connectivity index (χ1) is 16.8. The second-order valence-corrected chi connectivity index (χ2v) is 13.2. The van der Waals surface area contributed by atoms with Crippen molar-refractivity contribution in [3.8, 4) is 0 Å². The van der Waals surface area contributed by atoms with Gasteiger partial charge in [0.1, 0.15) is 18.8 Å². The van der Waals surface area contributed by atoms with Gasteiger partial charge >= 0.3 is 5.97 Å². The Morgan fingerprint density at radius 1 is 0.971 bits per heavy atom.